The van der Waals surface area contributed by atoms with Crippen molar-refractivity contribution in [2.24, 2.45) is 0 Å². The van der Waals surface area contributed by atoms with Gasteiger partial charge in [-0.05, 0) is 48.2 Å². The highest BCUT2D eigenvalue weighted by molar-refractivity contribution is 7.98. The molecule has 0 aliphatic rings. The number of nitrogens with two attached hydrogens (primary N) is 1. The van der Waals surface area contributed by atoms with Crippen molar-refractivity contribution in [3.05, 3.63) is 60.4 Å². The molecule has 112 valence electrons. The lowest BCUT2D eigenvalue weighted by molar-refractivity contribution is 0.306. The average molecular weight is 312 g/mol. The predicted molar refractivity (Wildman–Crippen MR) is 88.9 cm³/mol. The van der Waals surface area contributed by atoms with Gasteiger partial charge in [0, 0.05) is 10.5 Å². The molecule has 0 saturated carbocycles. The van der Waals surface area contributed by atoms with E-state index >= 15 is 0 Å². The third-order valence-electron chi connectivity index (χ3n) is 3.29. The van der Waals surface area contributed by atoms with Gasteiger partial charge in [0.25, 0.3) is 0 Å². The Kier molecular flexibility index (Phi) is 4.34. The molecule has 2 aromatic carbocycles. The summed E-state index contributed by atoms with van der Waals surface area (Å²) in [7, 11) is 0. The van der Waals surface area contributed by atoms with Gasteiger partial charge >= 0.3 is 0 Å². The highest BCUT2D eigenvalue weighted by Gasteiger charge is 2.07. The first kappa shape index (κ1) is 14.5. The Morgan fingerprint density at radius 2 is 1.82 bits per heavy atom. The van der Waals surface area contributed by atoms with Gasteiger partial charge in [0.2, 0.25) is 0 Å². The van der Waals surface area contributed by atoms with Gasteiger partial charge < -0.3 is 15.0 Å². The molecule has 0 aliphatic heterocycles. The Hall–Kier alpha value is -2.40. The van der Waals surface area contributed by atoms with Gasteiger partial charge in [-0.2, -0.15) is 0 Å². The summed E-state index contributed by atoms with van der Waals surface area (Å²) in [6.45, 7) is 0.542. The van der Waals surface area contributed by atoms with Crippen LogP contribution in [0.3, 0.4) is 0 Å². The molecule has 3 aromatic rings. The third kappa shape index (κ3) is 3.26. The van der Waals surface area contributed by atoms with E-state index in [0.29, 0.717) is 18.0 Å². The molecule has 1 aromatic heterocycles. The van der Waals surface area contributed by atoms with E-state index in [1.165, 1.54) is 11.2 Å². The summed E-state index contributed by atoms with van der Waals surface area (Å²) in [6.07, 6.45) is 3.49. The minimum atomic E-state index is 0.530. The Morgan fingerprint density at radius 1 is 1.09 bits per heavy atom. The van der Waals surface area contributed by atoms with E-state index in [1.807, 2.05) is 24.3 Å². The van der Waals surface area contributed by atoms with Crippen LogP contribution < -0.4 is 10.5 Å². The normalized spacial score (nSPS) is 10.6. The van der Waals surface area contributed by atoms with Crippen molar-refractivity contribution >= 4 is 17.4 Å². The molecule has 0 saturated heterocycles. The lowest BCUT2D eigenvalue weighted by atomic mass is 10.1. The molecule has 0 fully saturated rings. The Morgan fingerprint density at radius 3 is 2.41 bits per heavy atom. The second-order valence-corrected chi connectivity index (χ2v) is 5.66. The summed E-state index contributed by atoms with van der Waals surface area (Å²) in [5.74, 6) is 0.805. The molecule has 0 bridgehead atoms. The predicted octanol–water partition coefficient (Wildman–Crippen LogP) is 4.22. The highest BCUT2D eigenvalue weighted by atomic mass is 32.2. The molecule has 0 unspecified atom stereocenters. The Balaban J connectivity index is 1.64. The largest absolute Gasteiger partial charge is 0.489 e. The number of aromatic nitrogens is 1. The monoisotopic (exact) mass is 312 g/mol. The zero-order valence-corrected chi connectivity index (χ0v) is 13.0. The minimum Gasteiger partial charge on any atom is -0.489 e. The zero-order valence-electron chi connectivity index (χ0n) is 12.2. The number of hydrogen-bond donors (Lipinski definition) is 1. The molecule has 22 heavy (non-hydrogen) atoms. The van der Waals surface area contributed by atoms with Gasteiger partial charge in [0.15, 0.2) is 0 Å². The number of nitrogens with zero attached hydrogens (tertiary/aromatic N) is 1. The summed E-state index contributed by atoms with van der Waals surface area (Å²) in [6, 6.07) is 16.0. The van der Waals surface area contributed by atoms with Crippen LogP contribution in [0.1, 0.15) is 5.56 Å². The molecular weight excluding hydrogens is 296 g/mol. The van der Waals surface area contributed by atoms with E-state index in [9.17, 15) is 0 Å². The second-order valence-electron chi connectivity index (χ2n) is 4.78. The molecule has 0 amide bonds. The maximum absolute atomic E-state index is 5.79. The summed E-state index contributed by atoms with van der Waals surface area (Å²) in [5.41, 5.74) is 9.01. The molecule has 0 spiro atoms. The molecule has 0 atom stereocenters. The van der Waals surface area contributed by atoms with E-state index in [2.05, 4.69) is 35.7 Å². The summed E-state index contributed by atoms with van der Waals surface area (Å²) >= 11 is 1.73. The van der Waals surface area contributed by atoms with E-state index < -0.39 is 0 Å². The van der Waals surface area contributed by atoms with Gasteiger partial charge in [-0.25, -0.2) is 0 Å². The van der Waals surface area contributed by atoms with Crippen molar-refractivity contribution in [1.29, 1.82) is 0 Å². The molecule has 0 aliphatic carbocycles. The van der Waals surface area contributed by atoms with Crippen LogP contribution >= 0.6 is 11.8 Å². The number of benzene rings is 2. The van der Waals surface area contributed by atoms with Crippen LogP contribution in [0.5, 0.6) is 5.75 Å². The van der Waals surface area contributed by atoms with E-state index in [1.54, 1.807) is 11.8 Å². The average Bonchev–Trinajstić information content (AvgIpc) is 3.00. The lowest BCUT2D eigenvalue weighted by Gasteiger charge is -2.07. The summed E-state index contributed by atoms with van der Waals surface area (Å²) in [4.78, 5) is 1.25. The first-order valence-corrected chi connectivity index (χ1v) is 8.05. The van der Waals surface area contributed by atoms with Gasteiger partial charge in [-0.3, -0.25) is 0 Å². The van der Waals surface area contributed by atoms with E-state index in [4.69, 9.17) is 15.0 Å². The Labute approximate surface area is 133 Å². The minimum absolute atomic E-state index is 0.530. The first-order chi connectivity index (χ1) is 10.8. The van der Waals surface area contributed by atoms with Crippen molar-refractivity contribution < 1.29 is 9.26 Å². The third-order valence-corrected chi connectivity index (χ3v) is 4.03. The standard InChI is InChI=1S/C17H16N2O2S/c1-22-15-8-2-12(3-9-15)10-20-14-6-4-13(5-7-14)17-16(18)11-21-19-17/h2-9,11H,10,18H2,1H3. The number of thioether (sulfide) groups is 1. The molecule has 5 heteroatoms. The number of anilines is 1. The van der Waals surface area contributed by atoms with Crippen LogP contribution in [0.2, 0.25) is 0 Å². The summed E-state index contributed by atoms with van der Waals surface area (Å²) < 4.78 is 10.6. The van der Waals surface area contributed by atoms with Gasteiger partial charge in [0.1, 0.15) is 30.0 Å². The quantitative estimate of drug-likeness (QED) is 0.715. The van der Waals surface area contributed by atoms with Crippen LogP contribution in [-0.4, -0.2) is 11.4 Å². The van der Waals surface area contributed by atoms with Crippen LogP contribution in [0.15, 0.2) is 64.2 Å². The van der Waals surface area contributed by atoms with Crippen LogP contribution in [0.4, 0.5) is 5.69 Å². The van der Waals surface area contributed by atoms with Gasteiger partial charge in [-0.1, -0.05) is 17.3 Å². The number of hydrogen-bond acceptors (Lipinski definition) is 5. The van der Waals surface area contributed by atoms with Crippen molar-refractivity contribution in [1.82, 2.24) is 5.16 Å². The number of ether oxygens (including phenoxy) is 1. The topological polar surface area (TPSA) is 61.3 Å². The molecule has 4 nitrogen and oxygen atoms in total. The molecule has 0 radical (unpaired) electrons. The van der Waals surface area contributed by atoms with Crippen molar-refractivity contribution in [2.45, 2.75) is 11.5 Å². The highest BCUT2D eigenvalue weighted by Crippen LogP contribution is 2.26. The van der Waals surface area contributed by atoms with E-state index in [0.717, 1.165) is 16.9 Å². The fourth-order valence-corrected chi connectivity index (χ4v) is 2.47. The zero-order chi connectivity index (χ0) is 15.4. The van der Waals surface area contributed by atoms with Crippen LogP contribution in [0, 0.1) is 0 Å². The van der Waals surface area contributed by atoms with Crippen LogP contribution in [-0.2, 0) is 6.61 Å². The summed E-state index contributed by atoms with van der Waals surface area (Å²) in [5, 5.41) is 3.88. The van der Waals surface area contributed by atoms with E-state index in [-0.39, 0.29) is 0 Å². The molecule has 3 rings (SSSR count). The Bertz CT molecular complexity index is 736. The smallest absolute Gasteiger partial charge is 0.147 e. The fraction of sp³-hybridized carbons (Fsp3) is 0.118. The van der Waals surface area contributed by atoms with Crippen molar-refractivity contribution in [2.75, 3.05) is 12.0 Å². The molecular formula is C17H16N2O2S. The number of nitrogen functional groups attached to an aromatic ring is 1. The maximum atomic E-state index is 5.79. The fourth-order valence-electron chi connectivity index (χ4n) is 2.06. The molecule has 1 heterocycles. The SMILES string of the molecule is CSc1ccc(COc2ccc(-c3nocc3N)cc2)cc1. The van der Waals surface area contributed by atoms with Crippen molar-refractivity contribution in [3.8, 4) is 17.0 Å². The maximum Gasteiger partial charge on any atom is 0.147 e. The number of rotatable bonds is 5. The van der Waals surface area contributed by atoms with Crippen LogP contribution in [0.25, 0.3) is 11.3 Å². The van der Waals surface area contributed by atoms with Crippen molar-refractivity contribution in [3.63, 3.8) is 0 Å². The lowest BCUT2D eigenvalue weighted by Crippen LogP contribution is -1.95. The van der Waals surface area contributed by atoms with Gasteiger partial charge in [0.05, 0.1) is 0 Å². The second kappa shape index (κ2) is 6.58. The first-order valence-electron chi connectivity index (χ1n) is 6.82. The van der Waals surface area contributed by atoms with Gasteiger partial charge in [-0.15, -0.1) is 11.8 Å². The molecule has 2 N–H and O–H groups in total.